The molecule has 6 nitrogen and oxygen atoms in total. The summed E-state index contributed by atoms with van der Waals surface area (Å²) in [6.07, 6.45) is 0. The van der Waals surface area contributed by atoms with Crippen LogP contribution in [-0.2, 0) is 10.1 Å². The molecule has 0 fully saturated rings. The summed E-state index contributed by atoms with van der Waals surface area (Å²) in [7, 11) is -4.91. The molecule has 1 aliphatic carbocycles. The Bertz CT molecular complexity index is 1020. The van der Waals surface area contributed by atoms with E-state index >= 15 is 0 Å². The van der Waals surface area contributed by atoms with Crippen LogP contribution in [0, 0.1) is 0 Å². The molecule has 0 radical (unpaired) electrons. The number of carbonyl (C=O) groups excluding carboxylic acids is 2. The van der Waals surface area contributed by atoms with Gasteiger partial charge in [0, 0.05) is 14.5 Å². The van der Waals surface area contributed by atoms with Gasteiger partial charge in [0.15, 0.2) is 11.6 Å². The number of anilines is 1. The maximum atomic E-state index is 12.7. The maximum absolute atomic E-state index is 12.7. The van der Waals surface area contributed by atoms with E-state index in [0.717, 1.165) is 6.07 Å². The molecule has 2 N–H and O–H groups in total. The summed E-state index contributed by atoms with van der Waals surface area (Å²) in [5, 5.41) is 0. The second kappa shape index (κ2) is 6.64. The molecule has 0 unspecified atom stereocenters. The van der Waals surface area contributed by atoms with Gasteiger partial charge >= 0.3 is 29.6 Å². The molecule has 2 aromatic rings. The summed E-state index contributed by atoms with van der Waals surface area (Å²) >= 11 is 6.37. The van der Waals surface area contributed by atoms with Gasteiger partial charge in [0.25, 0.3) is 0 Å². The Morgan fingerprint density at radius 2 is 1.58 bits per heavy atom. The Hall–Kier alpha value is -0.550. The van der Waals surface area contributed by atoms with Gasteiger partial charge in [-0.25, -0.2) is 8.42 Å². The van der Waals surface area contributed by atoms with E-state index in [1.807, 2.05) is 0 Å². The van der Waals surface area contributed by atoms with Gasteiger partial charge in [-0.15, -0.1) is 0 Å². The van der Waals surface area contributed by atoms with Crippen molar-refractivity contribution in [3.63, 3.8) is 0 Å². The third-order valence-corrected chi connectivity index (χ3v) is 5.65. The standard InChI is InChI=1S/C14H7Br2NO5S.Na/c15-6-4-7(16)12(17)11-10(6)14(19)9-5(13(11)18)2-1-3-8(9)23(20,21)22;/h1-4H,17H2,(H,20,21,22);/q;+1/p-1. The van der Waals surface area contributed by atoms with Gasteiger partial charge in [0.05, 0.1) is 27.3 Å². The van der Waals surface area contributed by atoms with E-state index in [2.05, 4.69) is 31.9 Å². The van der Waals surface area contributed by atoms with Gasteiger partial charge in [-0.2, -0.15) is 0 Å². The smallest absolute Gasteiger partial charge is 0.744 e. The molecule has 0 heterocycles. The number of fused-ring (bicyclic) bond motifs is 2. The minimum absolute atomic E-state index is 0. The Balaban J connectivity index is 0.00000208. The summed E-state index contributed by atoms with van der Waals surface area (Å²) in [4.78, 5) is 24.7. The van der Waals surface area contributed by atoms with Gasteiger partial charge in [-0.05, 0) is 44.0 Å². The van der Waals surface area contributed by atoms with Crippen molar-refractivity contribution < 1.29 is 52.1 Å². The summed E-state index contributed by atoms with van der Waals surface area (Å²) in [6.45, 7) is 0. The summed E-state index contributed by atoms with van der Waals surface area (Å²) in [5.41, 5.74) is 5.31. The zero-order valence-corrected chi connectivity index (χ0v) is 18.1. The van der Waals surface area contributed by atoms with E-state index in [1.165, 1.54) is 18.2 Å². The van der Waals surface area contributed by atoms with Crippen molar-refractivity contribution >= 4 is 59.2 Å². The van der Waals surface area contributed by atoms with Crippen LogP contribution in [0.2, 0.25) is 0 Å². The van der Waals surface area contributed by atoms with Crippen molar-refractivity contribution in [2.75, 3.05) is 5.73 Å². The molecule has 2 aromatic carbocycles. The first-order valence-electron chi connectivity index (χ1n) is 6.10. The molecule has 0 saturated carbocycles. The molecular formula is C14H6Br2NNaO5S. The van der Waals surface area contributed by atoms with Gasteiger partial charge in [0.2, 0.25) is 0 Å². The van der Waals surface area contributed by atoms with Crippen molar-refractivity contribution in [3.05, 3.63) is 55.5 Å². The molecule has 1 aliphatic rings. The fraction of sp³-hybridized carbons (Fsp3) is 0. The minimum Gasteiger partial charge on any atom is -0.744 e. The molecule has 118 valence electrons. The molecule has 0 aliphatic heterocycles. The van der Waals surface area contributed by atoms with E-state index in [-0.39, 0.29) is 56.4 Å². The van der Waals surface area contributed by atoms with Gasteiger partial charge < -0.3 is 10.3 Å². The Morgan fingerprint density at radius 3 is 2.17 bits per heavy atom. The quantitative estimate of drug-likeness (QED) is 0.283. The second-order valence-electron chi connectivity index (χ2n) is 4.79. The van der Waals surface area contributed by atoms with Gasteiger partial charge in [0.1, 0.15) is 10.1 Å². The van der Waals surface area contributed by atoms with Crippen molar-refractivity contribution in [2.45, 2.75) is 4.90 Å². The van der Waals surface area contributed by atoms with Crippen molar-refractivity contribution in [1.82, 2.24) is 0 Å². The van der Waals surface area contributed by atoms with Crippen LogP contribution in [0.15, 0.2) is 38.1 Å². The van der Waals surface area contributed by atoms with Crippen LogP contribution >= 0.6 is 31.9 Å². The maximum Gasteiger partial charge on any atom is 1.00 e. The molecule has 0 atom stereocenters. The third-order valence-electron chi connectivity index (χ3n) is 3.49. The number of halogens is 2. The predicted octanol–water partition coefficient (Wildman–Crippen LogP) is -0.523. The van der Waals surface area contributed by atoms with Crippen LogP contribution in [0.4, 0.5) is 5.69 Å². The van der Waals surface area contributed by atoms with Gasteiger partial charge in [-0.1, -0.05) is 12.1 Å². The first-order valence-corrected chi connectivity index (χ1v) is 9.09. The third kappa shape index (κ3) is 2.92. The van der Waals surface area contributed by atoms with Crippen LogP contribution < -0.4 is 35.3 Å². The van der Waals surface area contributed by atoms with Crippen molar-refractivity contribution in [3.8, 4) is 0 Å². The number of ketones is 2. The Kier molecular flexibility index (Phi) is 5.47. The first-order chi connectivity index (χ1) is 10.6. The van der Waals surface area contributed by atoms with Crippen LogP contribution in [0.5, 0.6) is 0 Å². The molecule has 3 rings (SSSR count). The Morgan fingerprint density at radius 1 is 0.958 bits per heavy atom. The molecule has 0 aromatic heterocycles. The zero-order chi connectivity index (χ0) is 17.1. The molecule has 10 heteroatoms. The molecule has 0 amide bonds. The summed E-state index contributed by atoms with van der Waals surface area (Å²) in [5.74, 6) is -1.35. The Labute approximate surface area is 176 Å². The van der Waals surface area contributed by atoms with E-state index in [1.54, 1.807) is 0 Å². The van der Waals surface area contributed by atoms with E-state index < -0.39 is 32.1 Å². The fourth-order valence-electron chi connectivity index (χ4n) is 2.52. The number of nitrogen functional groups attached to an aromatic ring is 1. The predicted molar refractivity (Wildman–Crippen MR) is 87.5 cm³/mol. The number of carbonyl (C=O) groups is 2. The zero-order valence-electron chi connectivity index (χ0n) is 12.1. The van der Waals surface area contributed by atoms with E-state index in [9.17, 15) is 22.6 Å². The normalized spacial score (nSPS) is 13.1. The van der Waals surface area contributed by atoms with Crippen molar-refractivity contribution in [2.24, 2.45) is 0 Å². The summed E-state index contributed by atoms with van der Waals surface area (Å²) in [6, 6.07) is 5.02. The monoisotopic (exact) mass is 481 g/mol. The SMILES string of the molecule is Nc1c(Br)cc(Br)c2c1C(=O)c1cccc(S(=O)(=O)[O-])c1C2=O.[Na+]. The topological polar surface area (TPSA) is 117 Å². The number of benzene rings is 2. The van der Waals surface area contributed by atoms with Gasteiger partial charge in [-0.3, -0.25) is 9.59 Å². The van der Waals surface area contributed by atoms with Crippen LogP contribution in [0.25, 0.3) is 0 Å². The fourth-order valence-corrected chi connectivity index (χ4v) is 4.55. The molecule has 24 heavy (non-hydrogen) atoms. The van der Waals surface area contributed by atoms with Crippen LogP contribution in [0.3, 0.4) is 0 Å². The molecule has 0 saturated heterocycles. The molecule has 0 bridgehead atoms. The average Bonchev–Trinajstić information content (AvgIpc) is 2.46. The molecular weight excluding hydrogens is 477 g/mol. The van der Waals surface area contributed by atoms with Crippen LogP contribution in [-0.4, -0.2) is 24.5 Å². The second-order valence-corrected chi connectivity index (χ2v) is 7.85. The summed E-state index contributed by atoms with van der Waals surface area (Å²) < 4.78 is 34.9. The van der Waals surface area contributed by atoms with E-state index in [0.29, 0.717) is 4.47 Å². The van der Waals surface area contributed by atoms with Crippen LogP contribution in [0.1, 0.15) is 31.8 Å². The van der Waals surface area contributed by atoms with Crippen molar-refractivity contribution in [1.29, 1.82) is 0 Å². The number of hydrogen-bond donors (Lipinski definition) is 1. The minimum atomic E-state index is -4.91. The first kappa shape index (κ1) is 19.8. The number of hydrogen-bond acceptors (Lipinski definition) is 6. The number of rotatable bonds is 1. The van der Waals surface area contributed by atoms with E-state index in [4.69, 9.17) is 5.73 Å². The average molecular weight is 483 g/mol. The number of nitrogens with two attached hydrogens (primary N) is 1. The largest absolute Gasteiger partial charge is 1.00 e. The molecule has 0 spiro atoms.